The predicted molar refractivity (Wildman–Crippen MR) is 143 cm³/mol. The number of hydrogen-bond acceptors (Lipinski definition) is 1. The highest BCUT2D eigenvalue weighted by atomic mass is 15.3. The molecule has 0 spiro atoms. The van der Waals surface area contributed by atoms with E-state index in [1.54, 1.807) is 0 Å². The van der Waals surface area contributed by atoms with E-state index in [0.29, 0.717) is 12.5 Å². The van der Waals surface area contributed by atoms with E-state index < -0.39 is 0 Å². The number of hydrogen-bond donors (Lipinski definition) is 1. The maximum Gasteiger partial charge on any atom is 0.201 e. The summed E-state index contributed by atoms with van der Waals surface area (Å²) in [5.41, 5.74) is 12.5. The summed E-state index contributed by atoms with van der Waals surface area (Å²) in [6.07, 6.45) is 6.25. The van der Waals surface area contributed by atoms with Gasteiger partial charge in [-0.05, 0) is 59.2 Å². The van der Waals surface area contributed by atoms with E-state index in [1.165, 1.54) is 42.4 Å². The van der Waals surface area contributed by atoms with Crippen LogP contribution < -0.4 is 10.6 Å². The number of unbranched alkanes of at least 4 members (excludes halogenated alkanes) is 3. The molecule has 0 unspecified atom stereocenters. The minimum Gasteiger partial charge on any atom is -0.369 e. The molecule has 2 N–H and O–H groups in total. The van der Waals surface area contributed by atoms with Crippen LogP contribution in [0, 0.1) is 0 Å². The van der Waals surface area contributed by atoms with Gasteiger partial charge in [0, 0.05) is 5.69 Å². The third kappa shape index (κ3) is 7.49. The largest absolute Gasteiger partial charge is 0.369 e. The molecule has 0 fully saturated rings. The Labute approximate surface area is 200 Å². The molecule has 3 aromatic rings. The fourth-order valence-corrected chi connectivity index (χ4v) is 3.89. The maximum atomic E-state index is 6.56. The number of aryl methyl sites for hydroxylation is 1. The van der Waals surface area contributed by atoms with Gasteiger partial charge in [-0.1, -0.05) is 102 Å². The third-order valence-corrected chi connectivity index (χ3v) is 6.00. The van der Waals surface area contributed by atoms with Crippen molar-refractivity contribution in [2.75, 3.05) is 4.90 Å². The quantitative estimate of drug-likeness (QED) is 0.209. The Balaban J connectivity index is 1.83. The summed E-state index contributed by atoms with van der Waals surface area (Å²) >= 11 is 0. The molecule has 3 nitrogen and oxygen atoms in total. The molecule has 33 heavy (non-hydrogen) atoms. The van der Waals surface area contributed by atoms with Gasteiger partial charge in [-0.25, -0.2) is 4.99 Å². The van der Waals surface area contributed by atoms with Gasteiger partial charge in [0.25, 0.3) is 0 Å². The van der Waals surface area contributed by atoms with Gasteiger partial charge in [-0.3, -0.25) is 0 Å². The van der Waals surface area contributed by atoms with Crippen molar-refractivity contribution in [3.63, 3.8) is 0 Å². The molecule has 3 heteroatoms. The van der Waals surface area contributed by atoms with Gasteiger partial charge < -0.3 is 10.6 Å². The van der Waals surface area contributed by atoms with Crippen LogP contribution in [0.15, 0.2) is 83.9 Å². The first kappa shape index (κ1) is 24.6. The fourth-order valence-electron chi connectivity index (χ4n) is 3.89. The van der Waals surface area contributed by atoms with Gasteiger partial charge in [0.05, 0.1) is 12.2 Å². The van der Waals surface area contributed by atoms with Crippen molar-refractivity contribution in [2.45, 2.75) is 71.8 Å². The highest BCUT2D eigenvalue weighted by Crippen LogP contribution is 2.24. The smallest absolute Gasteiger partial charge is 0.201 e. The van der Waals surface area contributed by atoms with Crippen LogP contribution in [0.3, 0.4) is 0 Å². The Kier molecular flexibility index (Phi) is 8.71. The van der Waals surface area contributed by atoms with Crippen LogP contribution in [0.25, 0.3) is 0 Å². The molecular formula is C30H39N3. The number of aliphatic imine (C=N–C) groups is 1. The molecule has 0 heterocycles. The Hall–Kier alpha value is -3.07. The van der Waals surface area contributed by atoms with Gasteiger partial charge in [-0.2, -0.15) is 0 Å². The van der Waals surface area contributed by atoms with E-state index in [9.17, 15) is 0 Å². The van der Waals surface area contributed by atoms with Crippen molar-refractivity contribution in [1.29, 1.82) is 0 Å². The molecule has 0 aliphatic rings. The highest BCUT2D eigenvalue weighted by Gasteiger charge is 2.15. The van der Waals surface area contributed by atoms with Gasteiger partial charge in [0.2, 0.25) is 5.96 Å². The molecule has 0 amide bonds. The number of nitrogens with zero attached hydrogens (tertiary/aromatic N) is 2. The van der Waals surface area contributed by atoms with Crippen LogP contribution in [-0.4, -0.2) is 5.96 Å². The molecule has 0 aliphatic carbocycles. The van der Waals surface area contributed by atoms with E-state index >= 15 is 0 Å². The number of benzene rings is 3. The number of para-hydroxylation sites is 1. The van der Waals surface area contributed by atoms with E-state index in [4.69, 9.17) is 10.7 Å². The number of nitrogens with two attached hydrogens (primary N) is 1. The van der Waals surface area contributed by atoms with Crippen molar-refractivity contribution in [2.24, 2.45) is 10.7 Å². The number of rotatable bonds is 9. The van der Waals surface area contributed by atoms with Crippen LogP contribution in [0.1, 0.15) is 70.1 Å². The van der Waals surface area contributed by atoms with Gasteiger partial charge in [0.1, 0.15) is 0 Å². The summed E-state index contributed by atoms with van der Waals surface area (Å²) in [5, 5.41) is 0. The second-order valence-corrected chi connectivity index (χ2v) is 9.82. The predicted octanol–water partition coefficient (Wildman–Crippen LogP) is 7.76. The van der Waals surface area contributed by atoms with E-state index in [2.05, 4.69) is 81.1 Å². The van der Waals surface area contributed by atoms with Gasteiger partial charge in [-0.15, -0.1) is 0 Å². The van der Waals surface area contributed by atoms with Crippen molar-refractivity contribution in [1.82, 2.24) is 0 Å². The third-order valence-electron chi connectivity index (χ3n) is 6.00. The fraction of sp³-hybridized carbons (Fsp3) is 0.367. The average molecular weight is 442 g/mol. The summed E-state index contributed by atoms with van der Waals surface area (Å²) in [6.45, 7) is 9.64. The van der Waals surface area contributed by atoms with Crippen molar-refractivity contribution >= 4 is 17.3 Å². The zero-order chi connectivity index (χ0) is 23.7. The summed E-state index contributed by atoms with van der Waals surface area (Å²) in [5.74, 6) is 0.497. The van der Waals surface area contributed by atoms with Crippen molar-refractivity contribution in [3.05, 3.63) is 95.6 Å². The molecule has 0 saturated carbocycles. The van der Waals surface area contributed by atoms with Crippen molar-refractivity contribution < 1.29 is 0 Å². The Morgan fingerprint density at radius 3 is 2.03 bits per heavy atom. The lowest BCUT2D eigenvalue weighted by Gasteiger charge is -2.25. The highest BCUT2D eigenvalue weighted by molar-refractivity contribution is 5.96. The second kappa shape index (κ2) is 11.7. The summed E-state index contributed by atoms with van der Waals surface area (Å²) < 4.78 is 0. The minimum atomic E-state index is 0.138. The van der Waals surface area contributed by atoms with Crippen LogP contribution in [0.4, 0.5) is 11.4 Å². The molecule has 3 rings (SSSR count). The number of guanidine groups is 1. The Morgan fingerprint density at radius 2 is 1.42 bits per heavy atom. The first-order chi connectivity index (χ1) is 15.9. The van der Waals surface area contributed by atoms with Crippen molar-refractivity contribution in [3.8, 4) is 0 Å². The second-order valence-electron chi connectivity index (χ2n) is 9.82. The van der Waals surface area contributed by atoms with Crippen LogP contribution in [0.2, 0.25) is 0 Å². The molecule has 0 radical (unpaired) electrons. The molecule has 0 saturated heterocycles. The summed E-state index contributed by atoms with van der Waals surface area (Å²) in [7, 11) is 0. The molecule has 0 aliphatic heterocycles. The van der Waals surface area contributed by atoms with E-state index in [1.807, 2.05) is 30.3 Å². The zero-order valence-electron chi connectivity index (χ0n) is 20.7. The van der Waals surface area contributed by atoms with E-state index in [0.717, 1.165) is 17.8 Å². The average Bonchev–Trinajstić information content (AvgIpc) is 2.81. The molecule has 174 valence electrons. The molecule has 0 aromatic heterocycles. The maximum absolute atomic E-state index is 6.56. The monoisotopic (exact) mass is 441 g/mol. The normalized spacial score (nSPS) is 12.1. The van der Waals surface area contributed by atoms with Crippen LogP contribution >= 0.6 is 0 Å². The zero-order valence-corrected chi connectivity index (χ0v) is 20.7. The lowest BCUT2D eigenvalue weighted by molar-refractivity contribution is 0.590. The van der Waals surface area contributed by atoms with E-state index in [-0.39, 0.29) is 5.41 Å². The lowest BCUT2D eigenvalue weighted by atomic mass is 9.87. The van der Waals surface area contributed by atoms with Gasteiger partial charge in [0.15, 0.2) is 0 Å². The molecule has 3 aromatic carbocycles. The Morgan fingerprint density at radius 1 is 0.788 bits per heavy atom. The summed E-state index contributed by atoms with van der Waals surface area (Å²) in [4.78, 5) is 6.80. The molecule has 0 bridgehead atoms. The molecular weight excluding hydrogens is 402 g/mol. The first-order valence-corrected chi connectivity index (χ1v) is 12.2. The van der Waals surface area contributed by atoms with Gasteiger partial charge >= 0.3 is 0 Å². The SMILES string of the molecule is CCCCCCc1ccc(N(Cc2ccc(C(C)(C)C)cc2)C(N)=Nc2ccccc2)cc1. The first-order valence-electron chi connectivity index (χ1n) is 12.2. The minimum absolute atomic E-state index is 0.138. The number of anilines is 1. The summed E-state index contributed by atoms with van der Waals surface area (Å²) in [6, 6.07) is 27.5. The topological polar surface area (TPSA) is 41.6 Å². The van der Waals surface area contributed by atoms with Crippen LogP contribution in [0.5, 0.6) is 0 Å². The Bertz CT molecular complexity index is 997. The molecule has 0 atom stereocenters. The lowest BCUT2D eigenvalue weighted by Crippen LogP contribution is -2.36. The van der Waals surface area contributed by atoms with Crippen LogP contribution in [-0.2, 0) is 18.4 Å². The standard InChI is InChI=1S/C30H39N3/c1-5-6-7-9-12-24-17-21-28(22-18-24)33(29(31)32-27-13-10-8-11-14-27)23-25-15-19-26(20-16-25)30(2,3)4/h8,10-11,13-22H,5-7,9,12,23H2,1-4H3,(H2,31,32).